The number of ether oxygens (including phenoxy) is 1. The van der Waals surface area contributed by atoms with Gasteiger partial charge in [-0.3, -0.25) is 9.48 Å². The average Bonchev–Trinajstić information content (AvgIpc) is 3.17. The van der Waals surface area contributed by atoms with Crippen LogP contribution in [0.4, 0.5) is 18.9 Å². The molecule has 0 bridgehead atoms. The van der Waals surface area contributed by atoms with Crippen molar-refractivity contribution in [3.8, 4) is 17.0 Å². The second-order valence-electron chi connectivity index (χ2n) is 9.33. The van der Waals surface area contributed by atoms with Crippen molar-refractivity contribution in [1.82, 2.24) is 15.1 Å². The Morgan fingerprint density at radius 2 is 1.92 bits per heavy atom. The van der Waals surface area contributed by atoms with Gasteiger partial charge >= 0.3 is 6.18 Å². The summed E-state index contributed by atoms with van der Waals surface area (Å²) in [5, 5.41) is 9.39. The highest BCUT2D eigenvalue weighted by Crippen LogP contribution is 2.39. The SMILES string of the molecule is CCn1nc(C(=O)NCC2CCC(S(C)(=O)=O)CC2)c(Cl)c1-c1ccc(N[C@H](C)C(F)(F)F)cc1OC. The monoisotopic (exact) mass is 564 g/mol. The number of carbonyl (C=O) groups excluding carboxylic acids is 1. The Labute approximate surface area is 219 Å². The maximum atomic E-state index is 13.0. The van der Waals surface area contributed by atoms with Gasteiger partial charge in [-0.05, 0) is 57.6 Å². The molecule has 1 aromatic carbocycles. The number of rotatable bonds is 9. The lowest BCUT2D eigenvalue weighted by Crippen LogP contribution is -2.34. The molecule has 0 aliphatic heterocycles. The zero-order valence-corrected chi connectivity index (χ0v) is 22.7. The van der Waals surface area contributed by atoms with Gasteiger partial charge in [-0.1, -0.05) is 11.6 Å². The van der Waals surface area contributed by atoms with E-state index >= 15 is 0 Å². The third kappa shape index (κ3) is 6.90. The van der Waals surface area contributed by atoms with E-state index in [1.165, 1.54) is 30.2 Å². The summed E-state index contributed by atoms with van der Waals surface area (Å²) in [5.74, 6) is -0.0295. The first-order valence-electron chi connectivity index (χ1n) is 12.0. The summed E-state index contributed by atoms with van der Waals surface area (Å²) >= 11 is 6.61. The maximum absolute atomic E-state index is 13.0. The fourth-order valence-electron chi connectivity index (χ4n) is 4.46. The highest BCUT2D eigenvalue weighted by molar-refractivity contribution is 7.91. The number of alkyl halides is 3. The molecule has 1 fully saturated rings. The van der Waals surface area contributed by atoms with Crippen molar-refractivity contribution in [3.05, 3.63) is 28.9 Å². The summed E-state index contributed by atoms with van der Waals surface area (Å²) in [6.45, 7) is 3.60. The minimum atomic E-state index is -4.41. The normalized spacial score (nSPS) is 19.4. The van der Waals surface area contributed by atoms with Crippen LogP contribution in [0.2, 0.25) is 5.02 Å². The largest absolute Gasteiger partial charge is 0.496 e. The predicted molar refractivity (Wildman–Crippen MR) is 137 cm³/mol. The van der Waals surface area contributed by atoms with Crippen molar-refractivity contribution >= 4 is 33.0 Å². The van der Waals surface area contributed by atoms with Crippen LogP contribution in [0.25, 0.3) is 11.3 Å². The Bertz CT molecular complexity index is 1230. The number of anilines is 1. The molecule has 2 aromatic rings. The fraction of sp³-hybridized carbons (Fsp3) is 0.583. The molecule has 1 heterocycles. The van der Waals surface area contributed by atoms with Gasteiger partial charge in [0, 0.05) is 36.7 Å². The molecule has 0 unspecified atom stereocenters. The van der Waals surface area contributed by atoms with E-state index in [0.29, 0.717) is 50.0 Å². The van der Waals surface area contributed by atoms with E-state index < -0.39 is 28.0 Å². The lowest BCUT2D eigenvalue weighted by atomic mass is 9.89. The third-order valence-electron chi connectivity index (χ3n) is 6.69. The van der Waals surface area contributed by atoms with E-state index in [-0.39, 0.29) is 33.3 Å². The van der Waals surface area contributed by atoms with Crippen LogP contribution >= 0.6 is 11.6 Å². The van der Waals surface area contributed by atoms with Gasteiger partial charge in [-0.15, -0.1) is 0 Å². The van der Waals surface area contributed by atoms with Crippen LogP contribution in [0, 0.1) is 5.92 Å². The Balaban J connectivity index is 1.78. The van der Waals surface area contributed by atoms with Crippen molar-refractivity contribution in [1.29, 1.82) is 0 Å². The Hall–Kier alpha value is -2.47. The summed E-state index contributed by atoms with van der Waals surface area (Å²) in [6.07, 6.45) is -0.616. The van der Waals surface area contributed by atoms with Crippen LogP contribution in [0.3, 0.4) is 0 Å². The molecule has 13 heteroatoms. The van der Waals surface area contributed by atoms with E-state index in [1.54, 1.807) is 6.07 Å². The Kier molecular flexibility index (Phi) is 9.05. The lowest BCUT2D eigenvalue weighted by Gasteiger charge is -2.27. The zero-order valence-electron chi connectivity index (χ0n) is 21.2. The second-order valence-corrected chi connectivity index (χ2v) is 12.0. The number of aromatic nitrogens is 2. The van der Waals surface area contributed by atoms with E-state index in [2.05, 4.69) is 15.7 Å². The number of amides is 1. The lowest BCUT2D eigenvalue weighted by molar-refractivity contribution is -0.138. The van der Waals surface area contributed by atoms with Gasteiger partial charge in [0.2, 0.25) is 0 Å². The molecule has 0 saturated heterocycles. The number of benzene rings is 1. The molecule has 1 aliphatic rings. The zero-order chi connectivity index (χ0) is 27.5. The van der Waals surface area contributed by atoms with Gasteiger partial charge in [0.05, 0.1) is 23.1 Å². The first-order valence-corrected chi connectivity index (χ1v) is 14.3. The van der Waals surface area contributed by atoms with Crippen LogP contribution in [-0.4, -0.2) is 61.5 Å². The van der Waals surface area contributed by atoms with E-state index in [4.69, 9.17) is 16.3 Å². The number of methoxy groups -OCH3 is 1. The molecule has 206 valence electrons. The number of hydrogen-bond donors (Lipinski definition) is 2. The standard InChI is InChI=1S/C24H32ClF3N4O4S/c1-5-32-22(18-11-8-16(12-19(18)36-3)30-14(2)24(26,27)28)20(25)21(31-32)23(33)29-13-15-6-9-17(10-7-15)37(4,34)35/h8,11-12,14-15,17,30H,5-7,9-10,13H2,1-4H3,(H,29,33)/t14-,15?,17?/m1/s1. The van der Waals surface area contributed by atoms with E-state index in [1.807, 2.05) is 6.92 Å². The summed E-state index contributed by atoms with van der Waals surface area (Å²) in [6, 6.07) is 2.73. The molecular weight excluding hydrogens is 533 g/mol. The highest BCUT2D eigenvalue weighted by atomic mass is 35.5. The smallest absolute Gasteiger partial charge is 0.408 e. The number of sulfone groups is 1. The molecular formula is C24H32ClF3N4O4S. The number of hydrogen-bond acceptors (Lipinski definition) is 6. The van der Waals surface area contributed by atoms with Gasteiger partial charge in [-0.2, -0.15) is 18.3 Å². The highest BCUT2D eigenvalue weighted by Gasteiger charge is 2.36. The molecule has 0 spiro atoms. The molecule has 1 amide bonds. The van der Waals surface area contributed by atoms with Gasteiger partial charge in [0.15, 0.2) is 5.69 Å². The summed E-state index contributed by atoms with van der Waals surface area (Å²) in [5.41, 5.74) is 1.13. The topological polar surface area (TPSA) is 102 Å². The maximum Gasteiger partial charge on any atom is 0.408 e. The summed E-state index contributed by atoms with van der Waals surface area (Å²) in [7, 11) is -1.67. The molecule has 2 N–H and O–H groups in total. The minimum Gasteiger partial charge on any atom is -0.496 e. The molecule has 3 rings (SSSR count). The van der Waals surface area contributed by atoms with Crippen molar-refractivity contribution in [2.45, 2.75) is 63.5 Å². The molecule has 1 aliphatic carbocycles. The van der Waals surface area contributed by atoms with Crippen molar-refractivity contribution in [2.24, 2.45) is 5.92 Å². The van der Waals surface area contributed by atoms with Gasteiger partial charge in [-0.25, -0.2) is 8.42 Å². The van der Waals surface area contributed by atoms with E-state index in [0.717, 1.165) is 6.92 Å². The summed E-state index contributed by atoms with van der Waals surface area (Å²) < 4.78 is 69.3. The number of aryl methyl sites for hydroxylation is 1. The Morgan fingerprint density at radius 3 is 2.46 bits per heavy atom. The van der Waals surface area contributed by atoms with Crippen LogP contribution in [0.15, 0.2) is 18.2 Å². The first kappa shape index (κ1) is 29.1. The second kappa shape index (κ2) is 11.5. The summed E-state index contributed by atoms with van der Waals surface area (Å²) in [4.78, 5) is 13.0. The quantitative estimate of drug-likeness (QED) is 0.448. The molecule has 1 aromatic heterocycles. The van der Waals surface area contributed by atoms with Crippen molar-refractivity contribution in [2.75, 3.05) is 25.2 Å². The van der Waals surface area contributed by atoms with Crippen LogP contribution in [-0.2, 0) is 16.4 Å². The molecule has 0 radical (unpaired) electrons. The number of carbonyl (C=O) groups is 1. The predicted octanol–water partition coefficient (Wildman–Crippen LogP) is 4.93. The van der Waals surface area contributed by atoms with Crippen molar-refractivity contribution in [3.63, 3.8) is 0 Å². The molecule has 8 nitrogen and oxygen atoms in total. The molecule has 1 atom stereocenters. The van der Waals surface area contributed by atoms with Gasteiger partial charge in [0.1, 0.15) is 21.6 Å². The fourth-order valence-corrected chi connectivity index (χ4v) is 5.92. The first-order chi connectivity index (χ1) is 17.3. The molecule has 1 saturated carbocycles. The van der Waals surface area contributed by atoms with Crippen LogP contribution < -0.4 is 15.4 Å². The minimum absolute atomic E-state index is 0.0262. The van der Waals surface area contributed by atoms with E-state index in [9.17, 15) is 26.4 Å². The van der Waals surface area contributed by atoms with Crippen LogP contribution in [0.5, 0.6) is 5.75 Å². The Morgan fingerprint density at radius 1 is 1.27 bits per heavy atom. The van der Waals surface area contributed by atoms with Gasteiger partial charge < -0.3 is 15.4 Å². The average molecular weight is 565 g/mol. The number of halogens is 4. The third-order valence-corrected chi connectivity index (χ3v) is 8.73. The molecule has 37 heavy (non-hydrogen) atoms. The van der Waals surface area contributed by atoms with Gasteiger partial charge in [0.25, 0.3) is 5.91 Å². The number of nitrogens with zero attached hydrogens (tertiary/aromatic N) is 2. The van der Waals surface area contributed by atoms with Crippen LogP contribution in [0.1, 0.15) is 50.0 Å². The number of nitrogens with one attached hydrogen (secondary N) is 2. The van der Waals surface area contributed by atoms with Crippen molar-refractivity contribution < 1.29 is 31.1 Å².